The number of H-pyrrole nitrogens is 1. The highest BCUT2D eigenvalue weighted by molar-refractivity contribution is 9.10. The molecule has 1 aromatic heterocycles. The first-order chi connectivity index (χ1) is 8.89. The van der Waals surface area contributed by atoms with E-state index in [0.29, 0.717) is 10.2 Å². The second-order valence-corrected chi connectivity index (χ2v) is 5.80. The number of halogens is 1. The van der Waals surface area contributed by atoms with E-state index < -0.39 is 22.0 Å². The van der Waals surface area contributed by atoms with Crippen LogP contribution in [0.2, 0.25) is 0 Å². The number of ether oxygens (including phenoxy) is 1. The van der Waals surface area contributed by atoms with Crippen LogP contribution >= 0.6 is 15.9 Å². The summed E-state index contributed by atoms with van der Waals surface area (Å²) >= 11 is 3.13. The molecule has 0 spiro atoms. The number of amides is 1. The maximum atomic E-state index is 11.5. The van der Waals surface area contributed by atoms with Gasteiger partial charge in [0.15, 0.2) is 5.82 Å². The molecule has 0 atom stereocenters. The van der Waals surface area contributed by atoms with Gasteiger partial charge in [-0.3, -0.25) is 5.10 Å². The lowest BCUT2D eigenvalue weighted by Gasteiger charge is -2.07. The first kappa shape index (κ1) is 15.7. The number of nitrogens with zero attached hydrogens (tertiary/aromatic N) is 1. The maximum Gasteiger partial charge on any atom is 0.420 e. The molecular formula is C8H13BrN4O5S. The molecule has 4 N–H and O–H groups in total. The van der Waals surface area contributed by atoms with Crippen LogP contribution in [0.4, 0.5) is 10.6 Å². The fourth-order valence-corrected chi connectivity index (χ4v) is 2.23. The second-order valence-electron chi connectivity index (χ2n) is 3.28. The summed E-state index contributed by atoms with van der Waals surface area (Å²) in [4.78, 5) is 11.0. The second kappa shape index (κ2) is 6.73. The lowest BCUT2D eigenvalue weighted by Crippen LogP contribution is -2.35. The fourth-order valence-electron chi connectivity index (χ4n) is 1.07. The third-order valence-electron chi connectivity index (χ3n) is 1.88. The van der Waals surface area contributed by atoms with E-state index in [9.17, 15) is 13.2 Å². The van der Waals surface area contributed by atoms with Gasteiger partial charge in [0, 0.05) is 0 Å². The van der Waals surface area contributed by atoms with Crippen LogP contribution in [0.3, 0.4) is 0 Å². The van der Waals surface area contributed by atoms with Crippen LogP contribution in [0, 0.1) is 0 Å². The van der Waals surface area contributed by atoms with Gasteiger partial charge in [0.1, 0.15) is 5.88 Å². The molecule has 0 aliphatic rings. The van der Waals surface area contributed by atoms with Gasteiger partial charge in [-0.1, -0.05) is 0 Å². The van der Waals surface area contributed by atoms with Gasteiger partial charge in [-0.25, -0.2) is 17.9 Å². The molecule has 1 aromatic rings. The summed E-state index contributed by atoms with van der Waals surface area (Å²) < 4.78 is 29.6. The number of sulfonamides is 1. The van der Waals surface area contributed by atoms with Gasteiger partial charge in [0.05, 0.1) is 23.4 Å². The van der Waals surface area contributed by atoms with E-state index in [4.69, 9.17) is 5.11 Å². The van der Waals surface area contributed by atoms with Crippen molar-refractivity contribution in [2.45, 2.75) is 13.5 Å². The minimum Gasteiger partial charge on any atom is -0.449 e. The predicted molar refractivity (Wildman–Crippen MR) is 69.8 cm³/mol. The number of nitrogens with one attached hydrogen (secondary N) is 3. The van der Waals surface area contributed by atoms with E-state index in [1.165, 1.54) is 0 Å². The maximum absolute atomic E-state index is 11.5. The molecule has 1 heterocycles. The normalized spacial score (nSPS) is 11.1. The van der Waals surface area contributed by atoms with Crippen molar-refractivity contribution in [3.8, 4) is 0 Å². The smallest absolute Gasteiger partial charge is 0.420 e. The Morgan fingerprint density at radius 1 is 1.58 bits per heavy atom. The number of hydrogen-bond acceptors (Lipinski definition) is 7. The largest absolute Gasteiger partial charge is 0.449 e. The molecule has 0 saturated heterocycles. The van der Waals surface area contributed by atoms with Crippen molar-refractivity contribution in [1.82, 2.24) is 14.9 Å². The van der Waals surface area contributed by atoms with Crippen LogP contribution in [0.1, 0.15) is 12.6 Å². The monoisotopic (exact) mass is 356 g/mol. The van der Waals surface area contributed by atoms with Crippen molar-refractivity contribution in [3.05, 3.63) is 10.2 Å². The molecule has 0 aliphatic heterocycles. The van der Waals surface area contributed by atoms with Crippen LogP contribution in [0.5, 0.6) is 0 Å². The zero-order valence-corrected chi connectivity index (χ0v) is 12.3. The summed E-state index contributed by atoms with van der Waals surface area (Å²) in [6.07, 6.45) is -1.04. The van der Waals surface area contributed by atoms with Crippen molar-refractivity contribution in [2.75, 3.05) is 17.8 Å². The SMILES string of the molecule is CCOC(=O)NS(=O)(=O)CNc1n[nH]c(CO)c1Br. The van der Waals surface area contributed by atoms with Gasteiger partial charge < -0.3 is 15.2 Å². The molecule has 0 radical (unpaired) electrons. The van der Waals surface area contributed by atoms with Crippen LogP contribution in [0.15, 0.2) is 4.47 Å². The molecule has 108 valence electrons. The summed E-state index contributed by atoms with van der Waals surface area (Å²) in [6, 6.07) is 0. The van der Waals surface area contributed by atoms with Gasteiger partial charge in [-0.05, 0) is 22.9 Å². The first-order valence-electron chi connectivity index (χ1n) is 5.14. The highest BCUT2D eigenvalue weighted by Gasteiger charge is 2.17. The van der Waals surface area contributed by atoms with E-state index in [-0.39, 0.29) is 19.0 Å². The molecule has 0 aromatic carbocycles. The Kier molecular flexibility index (Phi) is 5.57. The van der Waals surface area contributed by atoms with Crippen molar-refractivity contribution < 1.29 is 23.1 Å². The van der Waals surface area contributed by atoms with Gasteiger partial charge >= 0.3 is 6.09 Å². The highest BCUT2D eigenvalue weighted by atomic mass is 79.9. The van der Waals surface area contributed by atoms with E-state index in [2.05, 4.69) is 36.2 Å². The number of rotatable bonds is 6. The Morgan fingerprint density at radius 2 is 2.26 bits per heavy atom. The summed E-state index contributed by atoms with van der Waals surface area (Å²) in [5, 5.41) is 17.7. The summed E-state index contributed by atoms with van der Waals surface area (Å²) in [5.74, 6) is -0.363. The minimum atomic E-state index is -3.89. The van der Waals surface area contributed by atoms with Crippen molar-refractivity contribution >= 4 is 37.9 Å². The molecule has 11 heteroatoms. The Labute approximate surface area is 117 Å². The van der Waals surface area contributed by atoms with Gasteiger partial charge in [-0.2, -0.15) is 5.10 Å². The number of aliphatic hydroxyl groups excluding tert-OH is 1. The van der Waals surface area contributed by atoms with Crippen LogP contribution < -0.4 is 10.0 Å². The van der Waals surface area contributed by atoms with Crippen LogP contribution in [-0.2, 0) is 21.4 Å². The number of hydrogen-bond donors (Lipinski definition) is 4. The Hall–Kier alpha value is -1.33. The van der Waals surface area contributed by atoms with Gasteiger partial charge in [0.25, 0.3) is 10.0 Å². The molecule has 1 amide bonds. The first-order valence-corrected chi connectivity index (χ1v) is 7.58. The zero-order valence-electron chi connectivity index (χ0n) is 9.93. The Balaban J connectivity index is 2.60. The average Bonchev–Trinajstić information content (AvgIpc) is 2.67. The number of carbonyl (C=O) groups excluding carboxylic acids is 1. The fraction of sp³-hybridized carbons (Fsp3) is 0.500. The molecule has 1 rings (SSSR count). The predicted octanol–water partition coefficient (Wildman–Crippen LogP) is 0.110. The third-order valence-corrected chi connectivity index (χ3v) is 3.73. The molecule has 0 aliphatic carbocycles. The molecule has 9 nitrogen and oxygen atoms in total. The van der Waals surface area contributed by atoms with Gasteiger partial charge in [0.2, 0.25) is 0 Å². The van der Waals surface area contributed by atoms with Crippen LogP contribution in [0.25, 0.3) is 0 Å². The number of carbonyl (C=O) groups is 1. The van der Waals surface area contributed by atoms with Crippen molar-refractivity contribution in [3.63, 3.8) is 0 Å². The zero-order chi connectivity index (χ0) is 14.5. The molecule has 19 heavy (non-hydrogen) atoms. The number of aliphatic hydroxyl groups is 1. The highest BCUT2D eigenvalue weighted by Crippen LogP contribution is 2.23. The average molecular weight is 357 g/mol. The van der Waals surface area contributed by atoms with E-state index in [0.717, 1.165) is 0 Å². The topological polar surface area (TPSA) is 133 Å². The third kappa shape index (κ3) is 4.69. The molecule has 0 fully saturated rings. The number of anilines is 1. The Morgan fingerprint density at radius 3 is 2.79 bits per heavy atom. The molecule has 0 saturated carbocycles. The molecule has 0 unspecified atom stereocenters. The van der Waals surface area contributed by atoms with E-state index in [1.807, 2.05) is 0 Å². The number of aromatic nitrogens is 2. The van der Waals surface area contributed by atoms with Crippen LogP contribution in [-0.4, -0.2) is 42.3 Å². The lowest BCUT2D eigenvalue weighted by molar-refractivity contribution is 0.158. The quantitative estimate of drug-likeness (QED) is 0.568. The summed E-state index contributed by atoms with van der Waals surface area (Å²) in [6.45, 7) is 1.35. The van der Waals surface area contributed by atoms with E-state index >= 15 is 0 Å². The lowest BCUT2D eigenvalue weighted by atomic mass is 10.4. The van der Waals surface area contributed by atoms with Crippen molar-refractivity contribution in [1.29, 1.82) is 0 Å². The molecule has 0 bridgehead atoms. The van der Waals surface area contributed by atoms with E-state index in [1.54, 1.807) is 11.6 Å². The minimum absolute atomic E-state index is 0.0690. The standard InChI is InChI=1S/C8H13BrN4O5S/c1-2-18-8(15)13-19(16,17)4-10-7-6(9)5(3-14)11-12-7/h14H,2-4H2,1H3,(H,13,15)(H2,10,11,12). The summed E-state index contributed by atoms with van der Waals surface area (Å²) in [5.41, 5.74) is 0.401. The Bertz CT molecular complexity index is 543. The molecular weight excluding hydrogens is 344 g/mol. The number of aromatic amines is 1. The van der Waals surface area contributed by atoms with Crippen molar-refractivity contribution in [2.24, 2.45) is 0 Å². The van der Waals surface area contributed by atoms with Gasteiger partial charge in [-0.15, -0.1) is 0 Å². The summed E-state index contributed by atoms with van der Waals surface area (Å²) in [7, 11) is -3.89.